The van der Waals surface area contributed by atoms with Crippen LogP contribution in [0.1, 0.15) is 40.3 Å². The summed E-state index contributed by atoms with van der Waals surface area (Å²) in [5, 5.41) is 13.6. The van der Waals surface area contributed by atoms with Crippen molar-refractivity contribution in [2.45, 2.75) is 20.3 Å². The van der Waals surface area contributed by atoms with Crippen molar-refractivity contribution in [1.29, 1.82) is 0 Å². The summed E-state index contributed by atoms with van der Waals surface area (Å²) in [5.74, 6) is -0.988. The molecule has 0 aliphatic carbocycles. The predicted molar refractivity (Wildman–Crippen MR) is 79.9 cm³/mol. The summed E-state index contributed by atoms with van der Waals surface area (Å²) in [6.07, 6.45) is 3.60. The zero-order valence-corrected chi connectivity index (χ0v) is 13.1. The molecule has 0 radical (unpaired) electrons. The highest BCUT2D eigenvalue weighted by Crippen LogP contribution is 2.32. The van der Waals surface area contributed by atoms with Crippen molar-refractivity contribution in [1.82, 2.24) is 14.7 Å². The molecule has 1 amide bonds. The van der Waals surface area contributed by atoms with Gasteiger partial charge in [0.05, 0.1) is 17.3 Å². The lowest BCUT2D eigenvalue weighted by Gasteiger charge is -2.14. The number of aromatic carboxylic acids is 1. The summed E-state index contributed by atoms with van der Waals surface area (Å²) >= 11 is 0. The van der Waals surface area contributed by atoms with Crippen molar-refractivity contribution in [2.75, 3.05) is 13.6 Å². The van der Waals surface area contributed by atoms with E-state index < -0.39 is 5.97 Å². The molecule has 0 saturated carbocycles. The molecule has 0 aliphatic rings. The van der Waals surface area contributed by atoms with Gasteiger partial charge in [0.1, 0.15) is 11.3 Å². The molecular formula is C15H19N3O4. The second-order valence-corrected chi connectivity index (χ2v) is 4.99. The average Bonchev–Trinajstić information content (AvgIpc) is 3.08. The molecule has 2 rings (SSSR count). The minimum atomic E-state index is -1.19. The van der Waals surface area contributed by atoms with E-state index in [0.29, 0.717) is 24.3 Å². The van der Waals surface area contributed by atoms with Crippen LogP contribution >= 0.6 is 0 Å². The summed E-state index contributed by atoms with van der Waals surface area (Å²) in [6.45, 7) is 4.13. The van der Waals surface area contributed by atoms with Gasteiger partial charge in [-0.05, 0) is 6.92 Å². The molecule has 0 aromatic carbocycles. The second-order valence-electron chi connectivity index (χ2n) is 4.99. The normalized spacial score (nSPS) is 10.7. The van der Waals surface area contributed by atoms with Gasteiger partial charge in [0, 0.05) is 33.3 Å². The van der Waals surface area contributed by atoms with Crippen LogP contribution in [0.25, 0.3) is 11.3 Å². The highest BCUT2D eigenvalue weighted by atomic mass is 16.4. The number of furan rings is 1. The molecule has 0 unspecified atom stereocenters. The molecule has 2 aromatic heterocycles. The number of aromatic nitrogens is 2. The van der Waals surface area contributed by atoms with Crippen LogP contribution in [0.15, 0.2) is 16.8 Å². The molecule has 0 fully saturated rings. The van der Waals surface area contributed by atoms with Crippen molar-refractivity contribution >= 4 is 11.9 Å². The maximum atomic E-state index is 12.5. The van der Waals surface area contributed by atoms with Crippen LogP contribution in [0, 0.1) is 0 Å². The molecule has 118 valence electrons. The summed E-state index contributed by atoms with van der Waals surface area (Å²) < 4.78 is 7.24. The first kappa shape index (κ1) is 15.8. The molecule has 0 spiro atoms. The SMILES string of the molecule is CCc1oc(-c2cnn(C)c2)c(C(=O)O)c1C(=O)N(C)CC. The van der Waals surface area contributed by atoms with Crippen molar-refractivity contribution in [3.05, 3.63) is 29.3 Å². The van der Waals surface area contributed by atoms with E-state index in [2.05, 4.69) is 5.10 Å². The van der Waals surface area contributed by atoms with Crippen molar-refractivity contribution in [3.63, 3.8) is 0 Å². The van der Waals surface area contributed by atoms with Crippen LogP contribution < -0.4 is 0 Å². The molecule has 0 bridgehead atoms. The molecule has 2 aromatic rings. The first-order chi connectivity index (χ1) is 10.4. The highest BCUT2D eigenvalue weighted by Gasteiger charge is 2.31. The van der Waals surface area contributed by atoms with E-state index in [0.717, 1.165) is 0 Å². The van der Waals surface area contributed by atoms with Gasteiger partial charge >= 0.3 is 5.97 Å². The van der Waals surface area contributed by atoms with Gasteiger partial charge in [-0.2, -0.15) is 5.10 Å². The van der Waals surface area contributed by atoms with E-state index in [9.17, 15) is 14.7 Å². The van der Waals surface area contributed by atoms with E-state index in [1.807, 2.05) is 13.8 Å². The Hall–Kier alpha value is -2.57. The lowest BCUT2D eigenvalue weighted by atomic mass is 10.0. The van der Waals surface area contributed by atoms with Crippen LogP contribution in [0.4, 0.5) is 0 Å². The minimum absolute atomic E-state index is 0.102. The fourth-order valence-corrected chi connectivity index (χ4v) is 2.23. The Labute approximate surface area is 128 Å². The van der Waals surface area contributed by atoms with Gasteiger partial charge < -0.3 is 14.4 Å². The molecule has 1 N–H and O–H groups in total. The number of carboxylic acid groups (broad SMARTS) is 1. The number of carbonyl (C=O) groups is 2. The number of carbonyl (C=O) groups excluding carboxylic acids is 1. The van der Waals surface area contributed by atoms with Gasteiger partial charge in [0.25, 0.3) is 5.91 Å². The Bertz CT molecular complexity index is 714. The lowest BCUT2D eigenvalue weighted by molar-refractivity contribution is 0.0683. The van der Waals surface area contributed by atoms with E-state index >= 15 is 0 Å². The molecule has 0 atom stereocenters. The fourth-order valence-electron chi connectivity index (χ4n) is 2.23. The first-order valence-corrected chi connectivity index (χ1v) is 7.04. The molecule has 7 nitrogen and oxygen atoms in total. The topological polar surface area (TPSA) is 88.6 Å². The quantitative estimate of drug-likeness (QED) is 0.913. The third-order valence-corrected chi connectivity index (χ3v) is 3.52. The van der Waals surface area contributed by atoms with Gasteiger partial charge in [-0.1, -0.05) is 6.92 Å². The largest absolute Gasteiger partial charge is 0.478 e. The number of carboxylic acids is 1. The zero-order valence-electron chi connectivity index (χ0n) is 13.1. The number of hydrogen-bond donors (Lipinski definition) is 1. The number of nitrogens with zero attached hydrogens (tertiary/aromatic N) is 3. The summed E-state index contributed by atoms with van der Waals surface area (Å²) in [5.41, 5.74) is 0.557. The van der Waals surface area contributed by atoms with Crippen LogP contribution in [-0.2, 0) is 13.5 Å². The van der Waals surface area contributed by atoms with Gasteiger partial charge in [0.2, 0.25) is 0 Å². The third-order valence-electron chi connectivity index (χ3n) is 3.52. The lowest BCUT2D eigenvalue weighted by Crippen LogP contribution is -2.28. The van der Waals surface area contributed by atoms with Gasteiger partial charge in [0.15, 0.2) is 5.76 Å². The smallest absolute Gasteiger partial charge is 0.340 e. The van der Waals surface area contributed by atoms with Gasteiger partial charge in [-0.25, -0.2) is 4.79 Å². The van der Waals surface area contributed by atoms with E-state index in [4.69, 9.17) is 4.42 Å². The minimum Gasteiger partial charge on any atom is -0.478 e. The van der Waals surface area contributed by atoms with Crippen molar-refractivity contribution in [2.24, 2.45) is 7.05 Å². The van der Waals surface area contributed by atoms with Crippen LogP contribution in [0.2, 0.25) is 0 Å². The van der Waals surface area contributed by atoms with Crippen LogP contribution in [0.5, 0.6) is 0 Å². The molecule has 2 heterocycles. The van der Waals surface area contributed by atoms with Crippen LogP contribution in [0.3, 0.4) is 0 Å². The summed E-state index contributed by atoms with van der Waals surface area (Å²) in [6, 6.07) is 0. The Morgan fingerprint density at radius 3 is 2.50 bits per heavy atom. The van der Waals surface area contributed by atoms with E-state index in [1.165, 1.54) is 11.1 Å². The molecule has 22 heavy (non-hydrogen) atoms. The Morgan fingerprint density at radius 1 is 1.36 bits per heavy atom. The van der Waals surface area contributed by atoms with Crippen molar-refractivity contribution < 1.29 is 19.1 Å². The second kappa shape index (κ2) is 6.05. The molecule has 0 aliphatic heterocycles. The first-order valence-electron chi connectivity index (χ1n) is 7.04. The maximum Gasteiger partial charge on any atom is 0.340 e. The number of rotatable bonds is 5. The maximum absolute atomic E-state index is 12.5. The Balaban J connectivity index is 2.69. The number of aryl methyl sites for hydroxylation is 2. The average molecular weight is 305 g/mol. The van der Waals surface area contributed by atoms with Crippen LogP contribution in [-0.4, -0.2) is 45.3 Å². The van der Waals surface area contributed by atoms with E-state index in [1.54, 1.807) is 25.0 Å². The molecular weight excluding hydrogens is 286 g/mol. The molecule has 7 heteroatoms. The summed E-state index contributed by atoms with van der Waals surface area (Å²) in [4.78, 5) is 25.7. The third kappa shape index (κ3) is 2.61. The Morgan fingerprint density at radius 2 is 2.05 bits per heavy atom. The van der Waals surface area contributed by atoms with Gasteiger partial charge in [-0.15, -0.1) is 0 Å². The highest BCUT2D eigenvalue weighted by molar-refractivity contribution is 6.09. The predicted octanol–water partition coefficient (Wildman–Crippen LogP) is 2.03. The number of hydrogen-bond acceptors (Lipinski definition) is 4. The standard InChI is InChI=1S/C15H19N3O4/c1-5-10-11(14(19)17(3)6-2)12(15(20)21)13(22-10)9-7-16-18(4)8-9/h7-8H,5-6H2,1-4H3,(H,20,21). The van der Waals surface area contributed by atoms with E-state index in [-0.39, 0.29) is 22.8 Å². The van der Waals surface area contributed by atoms with Gasteiger partial charge in [-0.3, -0.25) is 9.48 Å². The summed E-state index contributed by atoms with van der Waals surface area (Å²) in [7, 11) is 3.36. The fraction of sp³-hybridized carbons (Fsp3) is 0.400. The number of amides is 1. The van der Waals surface area contributed by atoms with Crippen molar-refractivity contribution in [3.8, 4) is 11.3 Å². The Kier molecular flexibility index (Phi) is 4.35. The molecule has 0 saturated heterocycles. The zero-order chi connectivity index (χ0) is 16.4. The monoisotopic (exact) mass is 305 g/mol.